The van der Waals surface area contributed by atoms with Gasteiger partial charge in [-0.05, 0) is 87.6 Å². The molecule has 8 rings (SSSR count). The molecular weight excluding hydrogens is 476 g/mol. The van der Waals surface area contributed by atoms with Gasteiger partial charge >= 0.3 is 0 Å². The molecule has 8 nitrogen and oxygen atoms in total. The maximum absolute atomic E-state index is 6.61. The number of hydrogen-bond acceptors (Lipinski definition) is 7. The summed E-state index contributed by atoms with van der Waals surface area (Å²) in [5, 5.41) is 5.60. The molecule has 3 aromatic heterocycles. The van der Waals surface area contributed by atoms with Crippen molar-refractivity contribution >= 4 is 33.6 Å². The number of hydrogen-bond donors (Lipinski definition) is 2. The van der Waals surface area contributed by atoms with E-state index in [2.05, 4.69) is 56.4 Å². The minimum absolute atomic E-state index is 0.00564. The maximum Gasteiger partial charge on any atom is 0.163 e. The Balaban J connectivity index is 1.07. The predicted molar refractivity (Wildman–Crippen MR) is 147 cm³/mol. The molecule has 3 saturated carbocycles. The third-order valence-corrected chi connectivity index (χ3v) is 9.39. The van der Waals surface area contributed by atoms with E-state index in [0.717, 1.165) is 54.1 Å². The van der Waals surface area contributed by atoms with Gasteiger partial charge in [0.2, 0.25) is 0 Å². The lowest BCUT2D eigenvalue weighted by Gasteiger charge is -2.24. The summed E-state index contributed by atoms with van der Waals surface area (Å²) in [4.78, 5) is 13.7. The van der Waals surface area contributed by atoms with Gasteiger partial charge in [-0.15, -0.1) is 0 Å². The van der Waals surface area contributed by atoms with Crippen LogP contribution >= 0.6 is 0 Å². The fourth-order valence-corrected chi connectivity index (χ4v) is 7.23. The molecule has 8 heteroatoms. The monoisotopic (exact) mass is 510 g/mol. The van der Waals surface area contributed by atoms with E-state index in [-0.39, 0.29) is 23.7 Å². The number of ether oxygens (including phenoxy) is 2. The molecule has 5 atom stereocenters. The Kier molecular flexibility index (Phi) is 4.72. The van der Waals surface area contributed by atoms with Crippen molar-refractivity contribution in [3.63, 3.8) is 0 Å². The Morgan fingerprint density at radius 1 is 1.11 bits per heavy atom. The van der Waals surface area contributed by atoms with Crippen molar-refractivity contribution in [2.24, 2.45) is 17.3 Å². The van der Waals surface area contributed by atoms with E-state index in [9.17, 15) is 0 Å². The summed E-state index contributed by atoms with van der Waals surface area (Å²) in [6, 6.07) is 13.2. The van der Waals surface area contributed by atoms with E-state index in [4.69, 9.17) is 20.2 Å². The first-order chi connectivity index (χ1) is 18.4. The zero-order valence-electron chi connectivity index (χ0n) is 21.9. The number of aryl methyl sites for hydroxylation is 1. The highest BCUT2D eigenvalue weighted by Gasteiger charge is 2.75. The number of nitrogens with one attached hydrogen (secondary N) is 1. The largest absolute Gasteiger partial charge is 0.383 e. The zero-order chi connectivity index (χ0) is 25.6. The van der Waals surface area contributed by atoms with Gasteiger partial charge in [0, 0.05) is 23.5 Å². The number of aromatic nitrogens is 4. The van der Waals surface area contributed by atoms with Crippen molar-refractivity contribution in [3.8, 4) is 0 Å². The van der Waals surface area contributed by atoms with Crippen LogP contribution in [0.4, 0.5) is 11.6 Å². The second-order valence-corrected chi connectivity index (χ2v) is 12.3. The van der Waals surface area contributed by atoms with Crippen LogP contribution in [-0.2, 0) is 15.9 Å². The number of fused-ring (bicyclic) bond motifs is 5. The van der Waals surface area contributed by atoms with Crippen LogP contribution in [-0.4, -0.2) is 44.1 Å². The molecular formula is C30H34N6O2. The van der Waals surface area contributed by atoms with Gasteiger partial charge in [0.05, 0.1) is 23.0 Å². The quantitative estimate of drug-likeness (QED) is 0.357. The molecule has 1 aliphatic heterocycles. The number of nitrogens with zero attached hydrogens (tertiary/aromatic N) is 4. The number of rotatable bonds is 7. The average molecular weight is 511 g/mol. The van der Waals surface area contributed by atoms with Gasteiger partial charge in [-0.25, -0.2) is 15.0 Å². The van der Waals surface area contributed by atoms with Gasteiger partial charge in [-0.1, -0.05) is 12.1 Å². The molecule has 3 N–H and O–H groups in total. The SMILES string of the molecule is CC1(C)O[C@H]2[C@H](n3ccc4c(N)ncnc43)[C@H]3CC3(CCc3ccc4ccc(NCC5CC5)nc4c3)[C@H]2O1. The van der Waals surface area contributed by atoms with Crippen LogP contribution in [0.3, 0.4) is 0 Å². The van der Waals surface area contributed by atoms with Gasteiger partial charge in [0.25, 0.3) is 0 Å². The second kappa shape index (κ2) is 7.90. The Hall–Kier alpha value is -3.23. The molecule has 0 amide bonds. The van der Waals surface area contributed by atoms with Gasteiger partial charge in [-0.3, -0.25) is 0 Å². The molecule has 3 aliphatic carbocycles. The number of pyridine rings is 1. The minimum atomic E-state index is -0.595. The number of nitrogen functional groups attached to an aromatic ring is 1. The molecule has 4 fully saturated rings. The Labute approximate surface area is 221 Å². The van der Waals surface area contributed by atoms with Crippen molar-refractivity contribution < 1.29 is 9.47 Å². The predicted octanol–water partition coefficient (Wildman–Crippen LogP) is 5.10. The molecule has 38 heavy (non-hydrogen) atoms. The first kappa shape index (κ1) is 22.7. The first-order valence-corrected chi connectivity index (χ1v) is 14.0. The summed E-state index contributed by atoms with van der Waals surface area (Å²) in [5.41, 5.74) is 9.53. The lowest BCUT2D eigenvalue weighted by molar-refractivity contribution is -0.161. The highest BCUT2D eigenvalue weighted by Crippen LogP contribution is 2.73. The third kappa shape index (κ3) is 3.53. The lowest BCUT2D eigenvalue weighted by atomic mass is 9.91. The Morgan fingerprint density at radius 3 is 2.84 bits per heavy atom. The maximum atomic E-state index is 6.61. The molecule has 4 aromatic rings. The molecule has 0 spiro atoms. The van der Waals surface area contributed by atoms with Gasteiger partial charge in [0.1, 0.15) is 29.7 Å². The van der Waals surface area contributed by atoms with Crippen LogP contribution in [0.2, 0.25) is 0 Å². The van der Waals surface area contributed by atoms with Crippen molar-refractivity contribution in [1.29, 1.82) is 0 Å². The van der Waals surface area contributed by atoms with Gasteiger partial charge in [0.15, 0.2) is 5.79 Å². The highest BCUT2D eigenvalue weighted by atomic mass is 16.8. The van der Waals surface area contributed by atoms with Crippen LogP contribution < -0.4 is 11.1 Å². The standard InChI is InChI=1S/C30H34N6O2/c1-29(2)37-25-24(36-12-10-20-27(31)33-16-34-28(20)36)21-14-30(21,26(25)38-29)11-9-17-5-6-19-7-8-23(35-22(19)13-17)32-15-18-3-4-18/h5-8,10,12-13,16,18,21,24-26H,3-4,9,11,14-15H2,1-2H3,(H,32,35)(H2,31,33,34)/t21-,24-,25+,26+,30?/m1/s1. The molecule has 4 heterocycles. The molecule has 1 aromatic carbocycles. The number of benzene rings is 1. The van der Waals surface area contributed by atoms with Crippen LogP contribution in [0.25, 0.3) is 21.9 Å². The van der Waals surface area contributed by atoms with Crippen molar-refractivity contribution in [2.75, 3.05) is 17.6 Å². The smallest absolute Gasteiger partial charge is 0.163 e. The van der Waals surface area contributed by atoms with Crippen molar-refractivity contribution in [2.45, 2.75) is 70.0 Å². The van der Waals surface area contributed by atoms with E-state index in [1.165, 1.54) is 23.8 Å². The molecule has 0 bridgehead atoms. The van der Waals surface area contributed by atoms with Crippen LogP contribution in [0, 0.1) is 17.3 Å². The molecule has 4 aliphatic rings. The zero-order valence-corrected chi connectivity index (χ0v) is 21.9. The molecule has 1 saturated heterocycles. The van der Waals surface area contributed by atoms with Gasteiger partial charge < -0.3 is 25.1 Å². The van der Waals surface area contributed by atoms with E-state index in [1.54, 1.807) is 6.33 Å². The number of anilines is 2. The van der Waals surface area contributed by atoms with E-state index in [1.807, 2.05) is 19.9 Å². The summed E-state index contributed by atoms with van der Waals surface area (Å²) in [5.74, 6) is 2.21. The fourth-order valence-electron chi connectivity index (χ4n) is 7.23. The second-order valence-electron chi connectivity index (χ2n) is 12.3. The third-order valence-electron chi connectivity index (χ3n) is 9.39. The normalized spacial score (nSPS) is 31.0. The van der Waals surface area contributed by atoms with E-state index >= 15 is 0 Å². The molecule has 0 radical (unpaired) electrons. The van der Waals surface area contributed by atoms with E-state index in [0.29, 0.717) is 11.7 Å². The van der Waals surface area contributed by atoms with Crippen molar-refractivity contribution in [1.82, 2.24) is 19.5 Å². The highest BCUT2D eigenvalue weighted by molar-refractivity contribution is 5.86. The summed E-state index contributed by atoms with van der Waals surface area (Å²) >= 11 is 0. The van der Waals surface area contributed by atoms with Gasteiger partial charge in [-0.2, -0.15) is 0 Å². The molecule has 1 unspecified atom stereocenters. The van der Waals surface area contributed by atoms with Crippen LogP contribution in [0.15, 0.2) is 48.9 Å². The average Bonchev–Trinajstić information content (AvgIpc) is 3.77. The van der Waals surface area contributed by atoms with E-state index < -0.39 is 5.79 Å². The Morgan fingerprint density at radius 2 is 1.97 bits per heavy atom. The fraction of sp³-hybridized carbons (Fsp3) is 0.500. The first-order valence-electron chi connectivity index (χ1n) is 14.0. The summed E-state index contributed by atoms with van der Waals surface area (Å²) < 4.78 is 15.4. The topological polar surface area (TPSA) is 100 Å². The summed E-state index contributed by atoms with van der Waals surface area (Å²) in [6.07, 6.45) is 9.59. The van der Waals surface area contributed by atoms with Crippen LogP contribution in [0.1, 0.15) is 51.1 Å². The Bertz CT molecular complexity index is 1560. The lowest BCUT2D eigenvalue weighted by Crippen LogP contribution is -2.32. The molecule has 196 valence electrons. The minimum Gasteiger partial charge on any atom is -0.383 e. The summed E-state index contributed by atoms with van der Waals surface area (Å²) in [6.45, 7) is 5.09. The van der Waals surface area contributed by atoms with Crippen LogP contribution in [0.5, 0.6) is 0 Å². The number of nitrogens with two attached hydrogens (primary N) is 1. The summed E-state index contributed by atoms with van der Waals surface area (Å²) in [7, 11) is 0. The van der Waals surface area contributed by atoms with Crippen molar-refractivity contribution in [3.05, 3.63) is 54.5 Å².